The first kappa shape index (κ1) is 20.3. The molecule has 0 radical (unpaired) electrons. The summed E-state index contributed by atoms with van der Waals surface area (Å²) in [6.07, 6.45) is 1.44. The molecule has 1 amide bonds. The van der Waals surface area contributed by atoms with Crippen molar-refractivity contribution in [2.24, 2.45) is 0 Å². The highest BCUT2D eigenvalue weighted by Gasteiger charge is 2.36. The zero-order chi connectivity index (χ0) is 21.8. The van der Waals surface area contributed by atoms with Crippen LogP contribution < -0.4 is 5.32 Å². The SMILES string of the molecule is O=C(NCc1ccc(-n2nc(-c3cccnc3)cc2C(F)(F)F)cc1)c1cccnc1. The molecule has 4 rings (SSSR count). The van der Waals surface area contributed by atoms with E-state index in [0.29, 0.717) is 11.1 Å². The smallest absolute Gasteiger partial charge is 0.348 e. The van der Waals surface area contributed by atoms with Crippen LogP contribution in [-0.2, 0) is 12.7 Å². The number of nitrogens with one attached hydrogen (secondary N) is 1. The Morgan fingerprint density at radius 3 is 2.29 bits per heavy atom. The van der Waals surface area contributed by atoms with Crippen LogP contribution in [0.15, 0.2) is 79.4 Å². The van der Waals surface area contributed by atoms with Gasteiger partial charge in [0.05, 0.1) is 16.9 Å². The predicted octanol–water partition coefficient (Wildman–Crippen LogP) is 4.28. The summed E-state index contributed by atoms with van der Waals surface area (Å²) in [5.41, 5.74) is 1.19. The third-order valence-corrected chi connectivity index (χ3v) is 4.51. The summed E-state index contributed by atoms with van der Waals surface area (Å²) in [7, 11) is 0. The summed E-state index contributed by atoms with van der Waals surface area (Å²) >= 11 is 0. The molecule has 0 bridgehead atoms. The molecule has 0 aliphatic rings. The van der Waals surface area contributed by atoms with Crippen molar-refractivity contribution in [3.8, 4) is 16.9 Å². The molecule has 1 aromatic carbocycles. The lowest BCUT2D eigenvalue weighted by Crippen LogP contribution is -2.22. The molecule has 1 N–H and O–H groups in total. The average Bonchev–Trinajstić information content (AvgIpc) is 3.25. The van der Waals surface area contributed by atoms with Crippen LogP contribution in [0.2, 0.25) is 0 Å². The van der Waals surface area contributed by atoms with E-state index in [1.165, 1.54) is 30.7 Å². The molecule has 0 spiro atoms. The molecule has 0 unspecified atom stereocenters. The van der Waals surface area contributed by atoms with E-state index in [2.05, 4.69) is 20.4 Å². The molecular weight excluding hydrogens is 407 g/mol. The van der Waals surface area contributed by atoms with Crippen LogP contribution in [0.4, 0.5) is 13.2 Å². The zero-order valence-electron chi connectivity index (χ0n) is 16.0. The second-order valence-electron chi connectivity index (χ2n) is 6.66. The second kappa shape index (κ2) is 8.39. The van der Waals surface area contributed by atoms with E-state index in [1.54, 1.807) is 42.6 Å². The van der Waals surface area contributed by atoms with Gasteiger partial charge >= 0.3 is 6.18 Å². The number of rotatable bonds is 5. The second-order valence-corrected chi connectivity index (χ2v) is 6.66. The minimum atomic E-state index is -4.58. The molecular formula is C22H16F3N5O. The molecule has 9 heteroatoms. The van der Waals surface area contributed by atoms with Crippen molar-refractivity contribution in [2.75, 3.05) is 0 Å². The number of alkyl halides is 3. The summed E-state index contributed by atoms with van der Waals surface area (Å²) in [4.78, 5) is 19.9. The molecule has 0 atom stereocenters. The Bertz CT molecular complexity index is 1170. The first-order valence-electron chi connectivity index (χ1n) is 9.27. The van der Waals surface area contributed by atoms with Gasteiger partial charge in [-0.25, -0.2) is 4.68 Å². The van der Waals surface area contributed by atoms with Gasteiger partial charge in [0.1, 0.15) is 5.69 Å². The van der Waals surface area contributed by atoms with E-state index in [4.69, 9.17) is 0 Å². The van der Waals surface area contributed by atoms with E-state index in [0.717, 1.165) is 16.3 Å². The molecule has 0 aliphatic carbocycles. The zero-order valence-corrected chi connectivity index (χ0v) is 16.0. The minimum absolute atomic E-state index is 0.174. The molecule has 0 fully saturated rings. The van der Waals surface area contributed by atoms with Crippen LogP contribution in [-0.4, -0.2) is 25.7 Å². The maximum Gasteiger partial charge on any atom is 0.433 e. The highest BCUT2D eigenvalue weighted by Crippen LogP contribution is 2.33. The number of nitrogens with zero attached hydrogens (tertiary/aromatic N) is 4. The Morgan fingerprint density at radius 1 is 0.968 bits per heavy atom. The van der Waals surface area contributed by atoms with Gasteiger partial charge < -0.3 is 5.32 Å². The number of benzene rings is 1. The lowest BCUT2D eigenvalue weighted by Gasteiger charge is -2.11. The van der Waals surface area contributed by atoms with Crippen molar-refractivity contribution in [1.29, 1.82) is 0 Å². The van der Waals surface area contributed by atoms with Gasteiger partial charge in [-0.05, 0) is 48.0 Å². The maximum atomic E-state index is 13.6. The number of hydrogen-bond donors (Lipinski definition) is 1. The van der Waals surface area contributed by atoms with E-state index in [9.17, 15) is 18.0 Å². The Hall–Kier alpha value is -4.01. The minimum Gasteiger partial charge on any atom is -0.348 e. The summed E-state index contributed by atoms with van der Waals surface area (Å²) in [5, 5.41) is 6.89. The molecule has 3 aromatic heterocycles. The van der Waals surface area contributed by atoms with Crippen molar-refractivity contribution < 1.29 is 18.0 Å². The molecule has 31 heavy (non-hydrogen) atoms. The number of carbonyl (C=O) groups is 1. The lowest BCUT2D eigenvalue weighted by molar-refractivity contribution is -0.142. The standard InChI is InChI=1S/C22H16F3N5O/c23-22(24,25)20-11-19(16-3-1-9-26-13-16)29-30(20)18-7-5-15(6-8-18)12-28-21(31)17-4-2-10-27-14-17/h1-11,13-14H,12H2,(H,28,31). The number of hydrogen-bond acceptors (Lipinski definition) is 4. The van der Waals surface area contributed by atoms with Gasteiger partial charge in [0.15, 0.2) is 0 Å². The Kier molecular flexibility index (Phi) is 5.48. The maximum absolute atomic E-state index is 13.6. The Balaban J connectivity index is 1.56. The van der Waals surface area contributed by atoms with Crippen molar-refractivity contribution in [2.45, 2.75) is 12.7 Å². The van der Waals surface area contributed by atoms with E-state index in [1.807, 2.05) is 0 Å². The van der Waals surface area contributed by atoms with Crippen LogP contribution >= 0.6 is 0 Å². The van der Waals surface area contributed by atoms with Crippen molar-refractivity contribution in [1.82, 2.24) is 25.1 Å². The molecule has 4 aromatic rings. The van der Waals surface area contributed by atoms with Gasteiger partial charge in [-0.15, -0.1) is 0 Å². The van der Waals surface area contributed by atoms with Crippen LogP contribution in [0.1, 0.15) is 21.6 Å². The molecule has 0 saturated heterocycles. The third kappa shape index (κ3) is 4.61. The van der Waals surface area contributed by atoms with Gasteiger partial charge in [-0.1, -0.05) is 12.1 Å². The average molecular weight is 423 g/mol. The summed E-state index contributed by atoms with van der Waals surface area (Å²) in [6.45, 7) is 0.222. The topological polar surface area (TPSA) is 72.7 Å². The predicted molar refractivity (Wildman–Crippen MR) is 107 cm³/mol. The van der Waals surface area contributed by atoms with Crippen LogP contribution in [0.25, 0.3) is 16.9 Å². The van der Waals surface area contributed by atoms with Gasteiger partial charge in [-0.2, -0.15) is 18.3 Å². The highest BCUT2D eigenvalue weighted by molar-refractivity contribution is 5.93. The number of carbonyl (C=O) groups excluding carboxylic acids is 1. The Labute approximate surface area is 175 Å². The fourth-order valence-corrected chi connectivity index (χ4v) is 2.97. The van der Waals surface area contributed by atoms with Gasteiger partial charge in [0.2, 0.25) is 0 Å². The Morgan fingerprint density at radius 2 is 1.68 bits per heavy atom. The summed E-state index contributed by atoms with van der Waals surface area (Å²) < 4.78 is 41.6. The number of halogens is 3. The van der Waals surface area contributed by atoms with Gasteiger partial charge in [0.25, 0.3) is 5.91 Å². The van der Waals surface area contributed by atoms with Crippen molar-refractivity contribution in [3.63, 3.8) is 0 Å². The van der Waals surface area contributed by atoms with E-state index in [-0.39, 0.29) is 23.8 Å². The number of aromatic nitrogens is 4. The van der Waals surface area contributed by atoms with Crippen molar-refractivity contribution >= 4 is 5.91 Å². The van der Waals surface area contributed by atoms with E-state index < -0.39 is 11.9 Å². The highest BCUT2D eigenvalue weighted by atomic mass is 19.4. The molecule has 0 saturated carbocycles. The van der Waals surface area contributed by atoms with Crippen molar-refractivity contribution in [3.05, 3.63) is 96.2 Å². The summed E-state index contributed by atoms with van der Waals surface area (Å²) in [6, 6.07) is 13.9. The monoisotopic (exact) mass is 423 g/mol. The first-order chi connectivity index (χ1) is 14.9. The molecule has 3 heterocycles. The first-order valence-corrected chi connectivity index (χ1v) is 9.27. The van der Waals surface area contributed by atoms with Gasteiger partial charge in [0, 0.05) is 36.9 Å². The summed E-state index contributed by atoms with van der Waals surface area (Å²) in [5.74, 6) is -0.287. The normalized spacial score (nSPS) is 11.3. The van der Waals surface area contributed by atoms with Crippen LogP contribution in [0.5, 0.6) is 0 Å². The van der Waals surface area contributed by atoms with Crippen LogP contribution in [0, 0.1) is 0 Å². The van der Waals surface area contributed by atoms with E-state index >= 15 is 0 Å². The number of pyridine rings is 2. The fourth-order valence-electron chi connectivity index (χ4n) is 2.97. The fraction of sp³-hybridized carbons (Fsp3) is 0.0909. The van der Waals surface area contributed by atoms with Crippen LogP contribution in [0.3, 0.4) is 0 Å². The van der Waals surface area contributed by atoms with Gasteiger partial charge in [-0.3, -0.25) is 14.8 Å². The lowest BCUT2D eigenvalue weighted by atomic mass is 10.2. The molecule has 6 nitrogen and oxygen atoms in total. The molecule has 0 aliphatic heterocycles. The third-order valence-electron chi connectivity index (χ3n) is 4.51. The largest absolute Gasteiger partial charge is 0.433 e. The quantitative estimate of drug-likeness (QED) is 0.520. The molecule has 156 valence electrons. The number of amides is 1.